The number of hydrogen-bond acceptors (Lipinski definition) is 4. The molecule has 0 amide bonds. The first-order chi connectivity index (χ1) is 8.81. The van der Waals surface area contributed by atoms with Gasteiger partial charge in [0.2, 0.25) is 0 Å². The number of hydrogen-bond donors (Lipinski definition) is 1. The maximum atomic E-state index is 5.83. The average Bonchev–Trinajstić information content (AvgIpc) is 2.88. The van der Waals surface area contributed by atoms with E-state index in [2.05, 4.69) is 11.9 Å². The van der Waals surface area contributed by atoms with Gasteiger partial charge in [0, 0.05) is 19.2 Å². The van der Waals surface area contributed by atoms with Gasteiger partial charge in [-0.15, -0.1) is 0 Å². The molecule has 0 bridgehead atoms. The van der Waals surface area contributed by atoms with Gasteiger partial charge in [0.25, 0.3) is 0 Å². The van der Waals surface area contributed by atoms with Gasteiger partial charge < -0.3 is 20.1 Å². The molecule has 1 aliphatic heterocycles. The molecule has 2 N–H and O–H groups in total. The number of likely N-dealkylation sites (N-methyl/N-ethyl adjacent to an activating group) is 1. The molecular weight excluding hydrogens is 228 g/mol. The van der Waals surface area contributed by atoms with Crippen molar-refractivity contribution in [2.45, 2.75) is 50.9 Å². The summed E-state index contributed by atoms with van der Waals surface area (Å²) in [6, 6.07) is 0.658. The Labute approximate surface area is 111 Å². The molecule has 2 aliphatic rings. The third-order valence-electron chi connectivity index (χ3n) is 4.37. The van der Waals surface area contributed by atoms with E-state index in [1.807, 2.05) is 0 Å². The lowest BCUT2D eigenvalue weighted by Gasteiger charge is -2.30. The molecule has 0 aromatic rings. The number of ether oxygens (including phenoxy) is 2. The van der Waals surface area contributed by atoms with Crippen molar-refractivity contribution in [3.63, 3.8) is 0 Å². The standard InChI is InChI=1S/C14H28N2O2/c1-16(13-6-4-5-12(13)11-15)8-10-18-14-7-2-3-9-17-14/h12-14H,2-11,15H2,1H3. The van der Waals surface area contributed by atoms with Crippen molar-refractivity contribution < 1.29 is 9.47 Å². The smallest absolute Gasteiger partial charge is 0.157 e. The van der Waals surface area contributed by atoms with Gasteiger partial charge in [-0.1, -0.05) is 6.42 Å². The lowest BCUT2D eigenvalue weighted by molar-refractivity contribution is -0.164. The summed E-state index contributed by atoms with van der Waals surface area (Å²) >= 11 is 0. The van der Waals surface area contributed by atoms with Crippen molar-refractivity contribution in [3.8, 4) is 0 Å². The van der Waals surface area contributed by atoms with E-state index in [1.165, 1.54) is 32.1 Å². The number of rotatable bonds is 6. The minimum absolute atomic E-state index is 0.0426. The van der Waals surface area contributed by atoms with Gasteiger partial charge >= 0.3 is 0 Å². The van der Waals surface area contributed by atoms with Gasteiger partial charge in [-0.3, -0.25) is 0 Å². The molecule has 3 unspecified atom stereocenters. The Hall–Kier alpha value is -0.160. The van der Waals surface area contributed by atoms with Crippen LogP contribution in [0.15, 0.2) is 0 Å². The Morgan fingerprint density at radius 3 is 2.83 bits per heavy atom. The molecule has 1 saturated heterocycles. The highest BCUT2D eigenvalue weighted by Crippen LogP contribution is 2.28. The third-order valence-corrected chi connectivity index (χ3v) is 4.37. The van der Waals surface area contributed by atoms with Gasteiger partial charge in [-0.25, -0.2) is 0 Å². The first-order valence-corrected chi connectivity index (χ1v) is 7.44. The zero-order valence-electron chi connectivity index (χ0n) is 11.6. The molecule has 0 aromatic carbocycles. The largest absolute Gasteiger partial charge is 0.353 e. The monoisotopic (exact) mass is 256 g/mol. The second kappa shape index (κ2) is 7.43. The lowest BCUT2D eigenvalue weighted by Crippen LogP contribution is -2.40. The van der Waals surface area contributed by atoms with Crippen molar-refractivity contribution in [3.05, 3.63) is 0 Å². The minimum atomic E-state index is 0.0426. The summed E-state index contributed by atoms with van der Waals surface area (Å²) in [6.07, 6.45) is 7.41. The first-order valence-electron chi connectivity index (χ1n) is 7.44. The molecule has 1 saturated carbocycles. The highest BCUT2D eigenvalue weighted by Gasteiger charge is 2.29. The molecule has 3 atom stereocenters. The molecule has 18 heavy (non-hydrogen) atoms. The van der Waals surface area contributed by atoms with E-state index >= 15 is 0 Å². The minimum Gasteiger partial charge on any atom is -0.353 e. The molecule has 2 rings (SSSR count). The fourth-order valence-corrected chi connectivity index (χ4v) is 3.21. The van der Waals surface area contributed by atoms with E-state index in [-0.39, 0.29) is 6.29 Å². The van der Waals surface area contributed by atoms with E-state index in [9.17, 15) is 0 Å². The molecule has 0 spiro atoms. The fourth-order valence-electron chi connectivity index (χ4n) is 3.21. The molecule has 106 valence electrons. The maximum absolute atomic E-state index is 5.83. The van der Waals surface area contributed by atoms with E-state index in [0.717, 1.165) is 32.7 Å². The molecule has 1 heterocycles. The number of nitrogens with two attached hydrogens (primary N) is 1. The summed E-state index contributed by atoms with van der Waals surface area (Å²) in [5.74, 6) is 0.681. The predicted molar refractivity (Wildman–Crippen MR) is 72.4 cm³/mol. The summed E-state index contributed by atoms with van der Waals surface area (Å²) in [5, 5.41) is 0. The summed E-state index contributed by atoms with van der Waals surface area (Å²) in [7, 11) is 2.20. The Bertz CT molecular complexity index is 232. The molecular formula is C14H28N2O2. The fraction of sp³-hybridized carbons (Fsp3) is 1.00. The van der Waals surface area contributed by atoms with Crippen LogP contribution in [0.2, 0.25) is 0 Å². The van der Waals surface area contributed by atoms with Gasteiger partial charge in [-0.05, 0) is 51.6 Å². The molecule has 4 nitrogen and oxygen atoms in total. The number of nitrogens with zero attached hydrogens (tertiary/aromatic N) is 1. The van der Waals surface area contributed by atoms with Crippen LogP contribution in [0.3, 0.4) is 0 Å². The van der Waals surface area contributed by atoms with Crippen LogP contribution in [0.5, 0.6) is 0 Å². The van der Waals surface area contributed by atoms with E-state index in [1.54, 1.807) is 0 Å². The van der Waals surface area contributed by atoms with E-state index < -0.39 is 0 Å². The van der Waals surface area contributed by atoms with Crippen molar-refractivity contribution in [2.75, 3.05) is 33.4 Å². The molecule has 0 radical (unpaired) electrons. The first kappa shape index (κ1) is 14.3. The molecule has 0 aromatic heterocycles. The highest BCUT2D eigenvalue weighted by molar-refractivity contribution is 4.84. The summed E-state index contributed by atoms with van der Waals surface area (Å²) in [6.45, 7) is 3.44. The molecule has 4 heteroatoms. The van der Waals surface area contributed by atoms with Crippen LogP contribution in [0.4, 0.5) is 0 Å². The van der Waals surface area contributed by atoms with Gasteiger partial charge in [0.15, 0.2) is 6.29 Å². The summed E-state index contributed by atoms with van der Waals surface area (Å²) in [5.41, 5.74) is 5.83. The second-order valence-corrected chi connectivity index (χ2v) is 5.64. The van der Waals surface area contributed by atoms with Gasteiger partial charge in [0.1, 0.15) is 0 Å². The van der Waals surface area contributed by atoms with Crippen LogP contribution in [-0.4, -0.2) is 50.6 Å². The van der Waals surface area contributed by atoms with Crippen LogP contribution in [0, 0.1) is 5.92 Å². The summed E-state index contributed by atoms with van der Waals surface area (Å²) in [4.78, 5) is 2.42. The predicted octanol–water partition coefficient (Wildman–Crippen LogP) is 1.59. The van der Waals surface area contributed by atoms with Crippen LogP contribution in [0.1, 0.15) is 38.5 Å². The SMILES string of the molecule is CN(CCOC1CCCCO1)C1CCCC1CN. The Kier molecular flexibility index (Phi) is 5.89. The van der Waals surface area contributed by atoms with Crippen LogP contribution in [-0.2, 0) is 9.47 Å². The second-order valence-electron chi connectivity index (χ2n) is 5.64. The molecule has 1 aliphatic carbocycles. The van der Waals surface area contributed by atoms with Gasteiger partial charge in [-0.2, -0.15) is 0 Å². The Morgan fingerprint density at radius 2 is 2.11 bits per heavy atom. The van der Waals surface area contributed by atoms with Crippen LogP contribution >= 0.6 is 0 Å². The van der Waals surface area contributed by atoms with E-state index in [4.69, 9.17) is 15.2 Å². The van der Waals surface area contributed by atoms with Crippen molar-refractivity contribution in [1.82, 2.24) is 4.90 Å². The maximum Gasteiger partial charge on any atom is 0.157 e. The normalized spacial score (nSPS) is 33.2. The topological polar surface area (TPSA) is 47.7 Å². The van der Waals surface area contributed by atoms with Crippen molar-refractivity contribution in [1.29, 1.82) is 0 Å². The van der Waals surface area contributed by atoms with Crippen LogP contribution < -0.4 is 5.73 Å². The third kappa shape index (κ3) is 3.92. The quantitative estimate of drug-likeness (QED) is 0.784. The van der Waals surface area contributed by atoms with Crippen molar-refractivity contribution in [2.24, 2.45) is 11.7 Å². The zero-order chi connectivity index (χ0) is 12.8. The van der Waals surface area contributed by atoms with E-state index in [0.29, 0.717) is 12.0 Å². The highest BCUT2D eigenvalue weighted by atomic mass is 16.7. The molecule has 2 fully saturated rings. The zero-order valence-corrected chi connectivity index (χ0v) is 11.6. The van der Waals surface area contributed by atoms with Gasteiger partial charge in [0.05, 0.1) is 6.61 Å². The van der Waals surface area contributed by atoms with Crippen molar-refractivity contribution >= 4 is 0 Å². The average molecular weight is 256 g/mol. The Balaban J connectivity index is 1.63. The summed E-state index contributed by atoms with van der Waals surface area (Å²) < 4.78 is 11.4. The Morgan fingerprint density at radius 1 is 1.22 bits per heavy atom. The van der Waals surface area contributed by atoms with Crippen LogP contribution in [0.25, 0.3) is 0 Å². The lowest BCUT2D eigenvalue weighted by atomic mass is 10.0.